The van der Waals surface area contributed by atoms with Gasteiger partial charge in [-0.3, -0.25) is 4.79 Å². The van der Waals surface area contributed by atoms with Crippen molar-refractivity contribution in [3.8, 4) is 10.4 Å². The van der Waals surface area contributed by atoms with Crippen LogP contribution in [0.2, 0.25) is 0 Å². The van der Waals surface area contributed by atoms with Crippen LogP contribution in [0.25, 0.3) is 10.4 Å². The second kappa shape index (κ2) is 9.82. The van der Waals surface area contributed by atoms with Crippen molar-refractivity contribution in [2.75, 3.05) is 6.54 Å². The Kier molecular flexibility index (Phi) is 7.12. The average molecular weight is 550 g/mol. The van der Waals surface area contributed by atoms with Crippen molar-refractivity contribution in [3.63, 3.8) is 0 Å². The van der Waals surface area contributed by atoms with Crippen LogP contribution in [-0.2, 0) is 27.5 Å². The fraction of sp³-hybridized carbons (Fsp3) is 0.273. The average Bonchev–Trinajstić information content (AvgIpc) is 3.45. The maximum atomic E-state index is 14.2. The second-order valence-corrected chi connectivity index (χ2v) is 10.9. The molecule has 0 radical (unpaired) electrons. The van der Waals surface area contributed by atoms with E-state index in [-0.39, 0.29) is 27.4 Å². The third-order valence-electron chi connectivity index (χ3n) is 5.38. The van der Waals surface area contributed by atoms with Crippen LogP contribution in [0.15, 0.2) is 53.6 Å². The van der Waals surface area contributed by atoms with Crippen LogP contribution in [0.3, 0.4) is 0 Å². The number of alkyl halides is 4. The van der Waals surface area contributed by atoms with E-state index in [2.05, 4.69) is 10.3 Å². The summed E-state index contributed by atoms with van der Waals surface area (Å²) in [5.41, 5.74) is 0.292. The first kappa shape index (κ1) is 26.1. The summed E-state index contributed by atoms with van der Waals surface area (Å²) in [6.07, 6.45) is -5.72. The number of halogens is 6. The van der Waals surface area contributed by atoms with Gasteiger partial charge in [-0.25, -0.2) is 26.6 Å². The van der Waals surface area contributed by atoms with E-state index in [0.717, 1.165) is 42.6 Å². The van der Waals surface area contributed by atoms with Gasteiger partial charge in [0.1, 0.15) is 23.8 Å². The first-order chi connectivity index (χ1) is 16.8. The molecule has 4 rings (SSSR count). The topological polar surface area (TPSA) is 79.4 Å². The van der Waals surface area contributed by atoms with Gasteiger partial charge >= 0.3 is 6.18 Å². The molecule has 0 spiro atoms. The SMILES string of the molecule is O=C(NCc1cc(F)cc(-c2cnc(C(F)(F)F)s2)c1)[C@@H]1C[C@@H](F)CN1S(=O)(=O)c1ccc(F)cc1. The molecule has 2 aromatic carbocycles. The number of hydrogen-bond acceptors (Lipinski definition) is 5. The van der Waals surface area contributed by atoms with E-state index in [1.54, 1.807) is 0 Å². The highest BCUT2D eigenvalue weighted by atomic mass is 32.2. The molecule has 1 aliphatic rings. The van der Waals surface area contributed by atoms with Crippen molar-refractivity contribution >= 4 is 27.3 Å². The molecule has 1 fully saturated rings. The smallest absolute Gasteiger partial charge is 0.351 e. The van der Waals surface area contributed by atoms with E-state index in [0.29, 0.717) is 15.6 Å². The molecule has 1 aliphatic heterocycles. The molecule has 0 aliphatic carbocycles. The van der Waals surface area contributed by atoms with Gasteiger partial charge in [-0.15, -0.1) is 11.3 Å². The number of benzene rings is 2. The zero-order valence-electron chi connectivity index (χ0n) is 18.1. The maximum absolute atomic E-state index is 14.2. The third-order valence-corrected chi connectivity index (χ3v) is 8.36. The normalized spacial score (nSPS) is 18.9. The van der Waals surface area contributed by atoms with Crippen LogP contribution < -0.4 is 5.32 Å². The van der Waals surface area contributed by atoms with E-state index in [4.69, 9.17) is 0 Å². The van der Waals surface area contributed by atoms with E-state index in [1.165, 1.54) is 6.07 Å². The van der Waals surface area contributed by atoms with E-state index in [9.17, 15) is 39.6 Å². The van der Waals surface area contributed by atoms with Crippen LogP contribution in [-0.4, -0.2) is 42.4 Å². The van der Waals surface area contributed by atoms with Gasteiger partial charge in [-0.1, -0.05) is 0 Å². The number of amides is 1. The fourth-order valence-corrected chi connectivity index (χ4v) is 6.14. The van der Waals surface area contributed by atoms with Crippen molar-refractivity contribution in [1.29, 1.82) is 0 Å². The molecule has 36 heavy (non-hydrogen) atoms. The van der Waals surface area contributed by atoms with E-state index < -0.39 is 63.9 Å². The van der Waals surface area contributed by atoms with Gasteiger partial charge in [0.05, 0.1) is 9.77 Å². The van der Waals surface area contributed by atoms with Crippen molar-refractivity contribution in [3.05, 3.63) is 70.9 Å². The molecule has 1 amide bonds. The molecule has 2 atom stereocenters. The summed E-state index contributed by atoms with van der Waals surface area (Å²) in [6.45, 7) is -0.874. The lowest BCUT2D eigenvalue weighted by Gasteiger charge is -2.23. The molecule has 1 N–H and O–H groups in total. The minimum absolute atomic E-state index is 0.0574. The Hall–Kier alpha value is -2.97. The Labute approximate surface area is 205 Å². The fourth-order valence-electron chi connectivity index (χ4n) is 3.74. The lowest BCUT2D eigenvalue weighted by Crippen LogP contribution is -2.45. The molecule has 192 valence electrons. The number of aromatic nitrogens is 1. The zero-order valence-corrected chi connectivity index (χ0v) is 19.7. The summed E-state index contributed by atoms with van der Waals surface area (Å²) in [5.74, 6) is -2.29. The van der Waals surface area contributed by atoms with Gasteiger partial charge < -0.3 is 5.32 Å². The Morgan fingerprint density at radius 3 is 2.44 bits per heavy atom. The Balaban J connectivity index is 1.50. The van der Waals surface area contributed by atoms with Crippen LogP contribution in [0.4, 0.5) is 26.3 Å². The minimum atomic E-state index is -4.65. The molecule has 0 unspecified atom stereocenters. The van der Waals surface area contributed by atoms with Gasteiger partial charge in [-0.2, -0.15) is 17.5 Å². The number of hydrogen-bond donors (Lipinski definition) is 1. The summed E-state index contributed by atoms with van der Waals surface area (Å²) in [7, 11) is -4.32. The number of nitrogens with zero attached hydrogens (tertiary/aromatic N) is 2. The molecule has 6 nitrogen and oxygen atoms in total. The van der Waals surface area contributed by atoms with Crippen molar-refractivity contribution in [1.82, 2.24) is 14.6 Å². The highest BCUT2D eigenvalue weighted by Crippen LogP contribution is 2.36. The van der Waals surface area contributed by atoms with Crippen LogP contribution in [0.5, 0.6) is 0 Å². The number of rotatable bonds is 6. The van der Waals surface area contributed by atoms with Gasteiger partial charge in [-0.05, 0) is 53.6 Å². The van der Waals surface area contributed by atoms with Crippen molar-refractivity contribution in [2.45, 2.75) is 36.3 Å². The lowest BCUT2D eigenvalue weighted by molar-refractivity contribution is -0.137. The predicted molar refractivity (Wildman–Crippen MR) is 118 cm³/mol. The second-order valence-electron chi connectivity index (χ2n) is 7.97. The summed E-state index contributed by atoms with van der Waals surface area (Å²) in [5, 5.41) is 1.33. The Morgan fingerprint density at radius 2 is 1.81 bits per heavy atom. The molecule has 3 aromatic rings. The molecule has 0 saturated carbocycles. The van der Waals surface area contributed by atoms with Crippen molar-refractivity contribution < 1.29 is 39.6 Å². The van der Waals surface area contributed by atoms with Crippen LogP contribution in [0, 0.1) is 11.6 Å². The number of carbonyl (C=O) groups excluding carboxylic acids is 1. The minimum Gasteiger partial charge on any atom is -0.351 e. The lowest BCUT2D eigenvalue weighted by atomic mass is 10.1. The van der Waals surface area contributed by atoms with Gasteiger partial charge in [0.2, 0.25) is 15.9 Å². The first-order valence-electron chi connectivity index (χ1n) is 10.4. The first-order valence-corrected chi connectivity index (χ1v) is 12.6. The molecule has 2 heterocycles. The summed E-state index contributed by atoms with van der Waals surface area (Å²) >= 11 is 0.329. The van der Waals surface area contributed by atoms with Gasteiger partial charge in [0.15, 0.2) is 5.01 Å². The monoisotopic (exact) mass is 549 g/mol. The highest BCUT2D eigenvalue weighted by Gasteiger charge is 2.44. The van der Waals surface area contributed by atoms with Crippen molar-refractivity contribution in [2.24, 2.45) is 0 Å². The number of nitrogens with one attached hydrogen (secondary N) is 1. The van der Waals surface area contributed by atoms with E-state index in [1.807, 2.05) is 0 Å². The summed E-state index contributed by atoms with van der Waals surface area (Å²) < 4.78 is 107. The standard InChI is InChI=1S/C22H17F6N3O3S2/c23-14-1-3-17(4-2-14)36(33,34)31-11-16(25)8-18(31)20(32)29-9-12-5-13(7-15(24)6-12)19-10-30-21(35-19)22(26,27)28/h1-7,10,16,18H,8-9,11H2,(H,29,32)/t16-,18+/m1/s1. The van der Waals surface area contributed by atoms with Gasteiger partial charge in [0.25, 0.3) is 0 Å². The highest BCUT2D eigenvalue weighted by molar-refractivity contribution is 7.89. The zero-order chi connectivity index (χ0) is 26.3. The Bertz CT molecular complexity index is 1380. The van der Waals surface area contributed by atoms with Crippen LogP contribution in [0.1, 0.15) is 17.0 Å². The van der Waals surface area contributed by atoms with Gasteiger partial charge in [0, 0.05) is 25.7 Å². The summed E-state index contributed by atoms with van der Waals surface area (Å²) in [4.78, 5) is 15.8. The molecule has 1 aromatic heterocycles. The molecular formula is C22H17F6N3O3S2. The maximum Gasteiger partial charge on any atom is 0.443 e. The number of carbonyl (C=O) groups is 1. The Morgan fingerprint density at radius 1 is 1.11 bits per heavy atom. The predicted octanol–water partition coefficient (Wildman–Crippen LogP) is 4.52. The number of thiazole rings is 1. The quantitative estimate of drug-likeness (QED) is 0.459. The summed E-state index contributed by atoms with van der Waals surface area (Å²) in [6, 6.07) is 5.87. The van der Waals surface area contributed by atoms with E-state index >= 15 is 0 Å². The largest absolute Gasteiger partial charge is 0.443 e. The number of sulfonamides is 1. The molecule has 1 saturated heterocycles. The molecular weight excluding hydrogens is 532 g/mol. The third kappa shape index (κ3) is 5.55. The van der Waals surface area contributed by atoms with Crippen LogP contribution >= 0.6 is 11.3 Å². The molecule has 14 heteroatoms. The molecule has 0 bridgehead atoms.